The van der Waals surface area contributed by atoms with Gasteiger partial charge < -0.3 is 10.0 Å². The molecule has 1 aromatic carbocycles. The van der Waals surface area contributed by atoms with Crippen molar-refractivity contribution in [2.75, 3.05) is 6.54 Å². The highest BCUT2D eigenvalue weighted by molar-refractivity contribution is 5.97. The topological polar surface area (TPSA) is 101 Å². The summed E-state index contributed by atoms with van der Waals surface area (Å²) in [6, 6.07) is 3.25. The molecule has 1 amide bonds. The van der Waals surface area contributed by atoms with Gasteiger partial charge in [-0.05, 0) is 31.4 Å². The van der Waals surface area contributed by atoms with E-state index in [2.05, 4.69) is 0 Å². The van der Waals surface area contributed by atoms with Gasteiger partial charge in [-0.2, -0.15) is 0 Å². The van der Waals surface area contributed by atoms with Crippen molar-refractivity contribution in [3.05, 3.63) is 39.4 Å². The third kappa shape index (κ3) is 2.61. The van der Waals surface area contributed by atoms with Crippen LogP contribution >= 0.6 is 0 Å². The molecule has 7 heteroatoms. The Kier molecular flexibility index (Phi) is 3.69. The normalized spacial score (nSPS) is 18.1. The van der Waals surface area contributed by atoms with Crippen molar-refractivity contribution in [3.63, 3.8) is 0 Å². The molecule has 7 nitrogen and oxygen atoms in total. The highest BCUT2D eigenvalue weighted by atomic mass is 16.6. The number of rotatable bonds is 3. The summed E-state index contributed by atoms with van der Waals surface area (Å²) in [4.78, 5) is 34.9. The van der Waals surface area contributed by atoms with E-state index >= 15 is 0 Å². The van der Waals surface area contributed by atoms with E-state index in [0.29, 0.717) is 24.9 Å². The maximum Gasteiger partial charge on any atom is 0.326 e. The number of hydrogen-bond acceptors (Lipinski definition) is 4. The van der Waals surface area contributed by atoms with Crippen LogP contribution in [0.1, 0.15) is 28.8 Å². The zero-order valence-electron chi connectivity index (χ0n) is 10.9. The van der Waals surface area contributed by atoms with Gasteiger partial charge in [-0.3, -0.25) is 14.9 Å². The SMILES string of the molecule is Cc1cc(C(=O)N2CCC[C@H]2C(=O)O)cc([N+](=O)[O-])c1. The molecule has 106 valence electrons. The van der Waals surface area contributed by atoms with Crippen LogP contribution in [0.25, 0.3) is 0 Å². The molecule has 1 fully saturated rings. The summed E-state index contributed by atoms with van der Waals surface area (Å²) >= 11 is 0. The number of carbonyl (C=O) groups is 2. The highest BCUT2D eigenvalue weighted by Gasteiger charge is 2.34. The number of benzene rings is 1. The Balaban J connectivity index is 2.33. The van der Waals surface area contributed by atoms with Crippen LogP contribution in [0.2, 0.25) is 0 Å². The van der Waals surface area contributed by atoms with Crippen LogP contribution in [-0.2, 0) is 4.79 Å². The lowest BCUT2D eigenvalue weighted by atomic mass is 10.1. The minimum absolute atomic E-state index is 0.157. The van der Waals surface area contributed by atoms with E-state index in [-0.39, 0.29) is 11.3 Å². The molecule has 1 atom stereocenters. The average Bonchev–Trinajstić information content (AvgIpc) is 2.86. The summed E-state index contributed by atoms with van der Waals surface area (Å²) in [6.45, 7) is 2.01. The van der Waals surface area contributed by atoms with Crippen molar-refractivity contribution in [2.24, 2.45) is 0 Å². The van der Waals surface area contributed by atoms with Crippen LogP contribution < -0.4 is 0 Å². The number of carboxylic acid groups (broad SMARTS) is 1. The zero-order valence-corrected chi connectivity index (χ0v) is 10.9. The van der Waals surface area contributed by atoms with Crippen LogP contribution in [-0.4, -0.2) is 39.4 Å². The molecule has 1 N–H and O–H groups in total. The van der Waals surface area contributed by atoms with Crippen molar-refractivity contribution >= 4 is 17.6 Å². The molecule has 0 unspecified atom stereocenters. The van der Waals surface area contributed by atoms with Gasteiger partial charge in [0.05, 0.1) is 4.92 Å². The Hall–Kier alpha value is -2.44. The van der Waals surface area contributed by atoms with E-state index in [4.69, 9.17) is 5.11 Å². The number of non-ortho nitro benzene ring substituents is 1. The van der Waals surface area contributed by atoms with Crippen molar-refractivity contribution in [1.82, 2.24) is 4.90 Å². The fraction of sp³-hybridized carbons (Fsp3) is 0.385. The predicted molar refractivity (Wildman–Crippen MR) is 69.5 cm³/mol. The Morgan fingerprint density at radius 1 is 1.40 bits per heavy atom. The first-order valence-electron chi connectivity index (χ1n) is 6.20. The van der Waals surface area contributed by atoms with Gasteiger partial charge in [-0.1, -0.05) is 0 Å². The molecular formula is C13H14N2O5. The minimum Gasteiger partial charge on any atom is -0.480 e. The number of aryl methyl sites for hydroxylation is 1. The number of nitro benzene ring substituents is 1. The average molecular weight is 278 g/mol. The number of amides is 1. The minimum atomic E-state index is -1.04. The van der Waals surface area contributed by atoms with E-state index in [1.165, 1.54) is 23.1 Å². The number of carboxylic acids is 1. The van der Waals surface area contributed by atoms with Gasteiger partial charge in [-0.15, -0.1) is 0 Å². The van der Waals surface area contributed by atoms with Crippen molar-refractivity contribution in [3.8, 4) is 0 Å². The lowest BCUT2D eigenvalue weighted by Gasteiger charge is -2.21. The molecule has 1 aromatic rings. The van der Waals surface area contributed by atoms with Crippen LogP contribution in [0.15, 0.2) is 18.2 Å². The van der Waals surface area contributed by atoms with Crippen molar-refractivity contribution in [2.45, 2.75) is 25.8 Å². The highest BCUT2D eigenvalue weighted by Crippen LogP contribution is 2.23. The molecule has 0 spiro atoms. The van der Waals surface area contributed by atoms with Crippen molar-refractivity contribution in [1.29, 1.82) is 0 Å². The Labute approximate surface area is 115 Å². The molecule has 0 radical (unpaired) electrons. The van der Waals surface area contributed by atoms with E-state index < -0.39 is 22.8 Å². The molecule has 1 aliphatic rings. The number of carbonyl (C=O) groups excluding carboxylic acids is 1. The fourth-order valence-corrected chi connectivity index (χ4v) is 2.42. The van der Waals surface area contributed by atoms with Crippen LogP contribution in [0.4, 0.5) is 5.69 Å². The Bertz CT molecular complexity index is 584. The summed E-state index contributed by atoms with van der Waals surface area (Å²) in [7, 11) is 0. The first kappa shape index (κ1) is 14.0. The zero-order chi connectivity index (χ0) is 14.9. The second-order valence-corrected chi connectivity index (χ2v) is 4.81. The molecule has 1 heterocycles. The molecule has 2 rings (SSSR count). The molecule has 0 aromatic heterocycles. The van der Waals surface area contributed by atoms with Gasteiger partial charge in [0, 0.05) is 24.2 Å². The number of aliphatic carboxylic acids is 1. The lowest BCUT2D eigenvalue weighted by molar-refractivity contribution is -0.384. The molecule has 1 saturated heterocycles. The smallest absolute Gasteiger partial charge is 0.326 e. The maximum absolute atomic E-state index is 12.3. The molecular weight excluding hydrogens is 264 g/mol. The van der Waals surface area contributed by atoms with Gasteiger partial charge in [0.15, 0.2) is 0 Å². The summed E-state index contributed by atoms with van der Waals surface area (Å²) < 4.78 is 0. The fourth-order valence-electron chi connectivity index (χ4n) is 2.42. The van der Waals surface area contributed by atoms with E-state index in [9.17, 15) is 19.7 Å². The summed E-state index contributed by atoms with van der Waals surface area (Å²) in [5, 5.41) is 19.9. The predicted octanol–water partition coefficient (Wildman–Crippen LogP) is 1.59. The van der Waals surface area contributed by atoms with E-state index in [1.54, 1.807) is 6.92 Å². The number of nitrogens with zero attached hydrogens (tertiary/aromatic N) is 2. The van der Waals surface area contributed by atoms with Gasteiger partial charge >= 0.3 is 5.97 Å². The number of hydrogen-bond donors (Lipinski definition) is 1. The monoisotopic (exact) mass is 278 g/mol. The number of nitro groups is 1. The molecule has 0 aliphatic carbocycles. The maximum atomic E-state index is 12.3. The first-order chi connectivity index (χ1) is 9.40. The molecule has 20 heavy (non-hydrogen) atoms. The number of likely N-dealkylation sites (tertiary alicyclic amines) is 1. The second-order valence-electron chi connectivity index (χ2n) is 4.81. The van der Waals surface area contributed by atoms with E-state index in [1.807, 2.05) is 0 Å². The van der Waals surface area contributed by atoms with Crippen LogP contribution in [0.5, 0.6) is 0 Å². The van der Waals surface area contributed by atoms with Crippen molar-refractivity contribution < 1.29 is 19.6 Å². The third-order valence-electron chi connectivity index (χ3n) is 3.32. The molecule has 0 saturated carbocycles. The first-order valence-corrected chi connectivity index (χ1v) is 6.20. The third-order valence-corrected chi connectivity index (χ3v) is 3.32. The summed E-state index contributed by atoms with van der Waals surface area (Å²) in [5.41, 5.74) is 0.581. The Morgan fingerprint density at radius 2 is 2.10 bits per heavy atom. The van der Waals surface area contributed by atoms with Crippen LogP contribution in [0.3, 0.4) is 0 Å². The molecule has 1 aliphatic heterocycles. The van der Waals surface area contributed by atoms with Gasteiger partial charge in [0.25, 0.3) is 11.6 Å². The van der Waals surface area contributed by atoms with E-state index in [0.717, 1.165) is 0 Å². The van der Waals surface area contributed by atoms with Gasteiger partial charge in [-0.25, -0.2) is 4.79 Å². The van der Waals surface area contributed by atoms with Crippen LogP contribution in [0, 0.1) is 17.0 Å². The van der Waals surface area contributed by atoms with Gasteiger partial charge in [0.1, 0.15) is 6.04 Å². The molecule has 0 bridgehead atoms. The summed E-state index contributed by atoms with van der Waals surface area (Å²) in [6.07, 6.45) is 1.03. The quantitative estimate of drug-likeness (QED) is 0.668. The Morgan fingerprint density at radius 3 is 2.70 bits per heavy atom. The second kappa shape index (κ2) is 5.28. The largest absolute Gasteiger partial charge is 0.480 e. The standard InChI is InChI=1S/C13H14N2O5/c1-8-5-9(7-10(6-8)15(19)20)12(16)14-4-2-3-11(14)13(17)18/h5-7,11H,2-4H2,1H3,(H,17,18)/t11-/m0/s1. The lowest BCUT2D eigenvalue weighted by Crippen LogP contribution is -2.40. The van der Waals surface area contributed by atoms with Gasteiger partial charge in [0.2, 0.25) is 0 Å². The summed E-state index contributed by atoms with van der Waals surface area (Å²) in [5.74, 6) is -1.51.